The van der Waals surface area contributed by atoms with Crippen molar-refractivity contribution in [1.29, 1.82) is 5.26 Å². The summed E-state index contributed by atoms with van der Waals surface area (Å²) in [6, 6.07) is 16.5. The second-order valence-corrected chi connectivity index (χ2v) is 4.98. The van der Waals surface area contributed by atoms with Gasteiger partial charge < -0.3 is 4.57 Å². The second-order valence-electron chi connectivity index (χ2n) is 4.98. The predicted molar refractivity (Wildman–Crippen MR) is 84.2 cm³/mol. The van der Waals surface area contributed by atoms with Gasteiger partial charge in [0.1, 0.15) is 17.4 Å². The van der Waals surface area contributed by atoms with Crippen LogP contribution in [-0.2, 0) is 6.54 Å². The summed E-state index contributed by atoms with van der Waals surface area (Å²) in [4.78, 5) is 16.8. The van der Waals surface area contributed by atoms with Gasteiger partial charge in [-0.25, -0.2) is 4.39 Å². The molecule has 0 saturated heterocycles. The molecule has 0 atom stereocenters. The lowest BCUT2D eigenvalue weighted by atomic mass is 10.1. The van der Waals surface area contributed by atoms with Crippen molar-refractivity contribution >= 4 is 0 Å². The number of pyridine rings is 2. The summed E-state index contributed by atoms with van der Waals surface area (Å²) >= 11 is 0. The number of aromatic nitrogens is 2. The van der Waals surface area contributed by atoms with Crippen LogP contribution in [0.15, 0.2) is 65.6 Å². The van der Waals surface area contributed by atoms with E-state index in [2.05, 4.69) is 4.98 Å². The molecule has 0 unspecified atom stereocenters. The van der Waals surface area contributed by atoms with Crippen molar-refractivity contribution in [3.8, 4) is 17.5 Å². The fraction of sp³-hybridized carbons (Fsp3) is 0.0556. The van der Waals surface area contributed by atoms with Crippen molar-refractivity contribution in [2.24, 2.45) is 0 Å². The molecule has 0 N–H and O–H groups in total. The molecule has 0 aliphatic rings. The largest absolute Gasteiger partial charge is 0.301 e. The van der Waals surface area contributed by atoms with Crippen molar-refractivity contribution in [2.75, 3.05) is 0 Å². The molecule has 3 aromatic rings. The SMILES string of the molecule is N#Cc1ccc(-c2ccccn2)n(Cc2cccc(F)c2)c1=O. The predicted octanol–water partition coefficient (Wildman–Crippen LogP) is 2.97. The van der Waals surface area contributed by atoms with Gasteiger partial charge in [-0.1, -0.05) is 18.2 Å². The summed E-state index contributed by atoms with van der Waals surface area (Å²) < 4.78 is 14.8. The molecular weight excluding hydrogens is 293 g/mol. The maximum absolute atomic E-state index is 13.4. The molecule has 4 nitrogen and oxygen atoms in total. The fourth-order valence-electron chi connectivity index (χ4n) is 2.38. The van der Waals surface area contributed by atoms with E-state index in [1.54, 1.807) is 36.5 Å². The Bertz CT molecular complexity index is 942. The molecule has 0 amide bonds. The van der Waals surface area contributed by atoms with Gasteiger partial charge in [0.2, 0.25) is 0 Å². The molecule has 0 aliphatic heterocycles. The first kappa shape index (κ1) is 14.7. The van der Waals surface area contributed by atoms with E-state index in [1.807, 2.05) is 12.1 Å². The van der Waals surface area contributed by atoms with Crippen LogP contribution in [0.25, 0.3) is 11.4 Å². The maximum Gasteiger partial charge on any atom is 0.269 e. The van der Waals surface area contributed by atoms with E-state index in [1.165, 1.54) is 22.8 Å². The van der Waals surface area contributed by atoms with E-state index in [0.717, 1.165) is 0 Å². The number of hydrogen-bond donors (Lipinski definition) is 0. The zero-order chi connectivity index (χ0) is 16.2. The van der Waals surface area contributed by atoms with Gasteiger partial charge in [-0.3, -0.25) is 9.78 Å². The topological polar surface area (TPSA) is 58.7 Å². The maximum atomic E-state index is 13.4. The molecule has 0 aliphatic carbocycles. The van der Waals surface area contributed by atoms with E-state index in [0.29, 0.717) is 17.0 Å². The van der Waals surface area contributed by atoms with Crippen molar-refractivity contribution < 1.29 is 4.39 Å². The zero-order valence-electron chi connectivity index (χ0n) is 12.1. The minimum Gasteiger partial charge on any atom is -0.301 e. The van der Waals surface area contributed by atoms with E-state index < -0.39 is 5.56 Å². The molecule has 23 heavy (non-hydrogen) atoms. The van der Waals surface area contributed by atoms with Crippen molar-refractivity contribution in [1.82, 2.24) is 9.55 Å². The van der Waals surface area contributed by atoms with Crippen LogP contribution >= 0.6 is 0 Å². The molecule has 0 fully saturated rings. The minimum atomic E-state index is -0.417. The smallest absolute Gasteiger partial charge is 0.269 e. The van der Waals surface area contributed by atoms with Gasteiger partial charge in [0.25, 0.3) is 5.56 Å². The monoisotopic (exact) mass is 305 g/mol. The van der Waals surface area contributed by atoms with Crippen LogP contribution in [0.5, 0.6) is 0 Å². The normalized spacial score (nSPS) is 10.3. The van der Waals surface area contributed by atoms with Crippen molar-refractivity contribution in [3.05, 3.63) is 88.1 Å². The van der Waals surface area contributed by atoms with Crippen LogP contribution in [0.2, 0.25) is 0 Å². The highest BCUT2D eigenvalue weighted by Gasteiger charge is 2.12. The van der Waals surface area contributed by atoms with Crippen LogP contribution in [0.1, 0.15) is 11.1 Å². The average molecular weight is 305 g/mol. The van der Waals surface area contributed by atoms with Gasteiger partial charge in [0.05, 0.1) is 17.9 Å². The summed E-state index contributed by atoms with van der Waals surface area (Å²) in [5, 5.41) is 9.08. The van der Waals surface area contributed by atoms with E-state index in [4.69, 9.17) is 5.26 Å². The van der Waals surface area contributed by atoms with Crippen LogP contribution in [0.3, 0.4) is 0 Å². The molecule has 2 aromatic heterocycles. The standard InChI is InChI=1S/C18H12FN3O/c19-15-5-3-4-13(10-15)12-22-17(16-6-1-2-9-21-16)8-7-14(11-20)18(22)23/h1-10H,12H2. The highest BCUT2D eigenvalue weighted by molar-refractivity contribution is 5.55. The Balaban J connectivity index is 2.17. The van der Waals surface area contributed by atoms with Gasteiger partial charge >= 0.3 is 0 Å². The third-order valence-electron chi connectivity index (χ3n) is 3.45. The third kappa shape index (κ3) is 3.01. The molecule has 0 radical (unpaired) electrons. The van der Waals surface area contributed by atoms with Crippen LogP contribution in [-0.4, -0.2) is 9.55 Å². The van der Waals surface area contributed by atoms with Gasteiger partial charge in [-0.15, -0.1) is 0 Å². The van der Waals surface area contributed by atoms with E-state index in [9.17, 15) is 9.18 Å². The Morgan fingerprint density at radius 2 is 2.00 bits per heavy atom. The molecule has 0 saturated carbocycles. The molecule has 0 spiro atoms. The second kappa shape index (κ2) is 6.24. The number of nitrogens with zero attached hydrogens (tertiary/aromatic N) is 3. The number of benzene rings is 1. The number of hydrogen-bond acceptors (Lipinski definition) is 3. The molecule has 5 heteroatoms. The fourth-order valence-corrected chi connectivity index (χ4v) is 2.38. The Hall–Kier alpha value is -3.26. The highest BCUT2D eigenvalue weighted by atomic mass is 19.1. The lowest BCUT2D eigenvalue weighted by Gasteiger charge is -2.13. The lowest BCUT2D eigenvalue weighted by molar-refractivity contribution is 0.623. The average Bonchev–Trinajstić information content (AvgIpc) is 2.57. The Kier molecular flexibility index (Phi) is 3.98. The molecule has 112 valence electrons. The number of rotatable bonds is 3. The third-order valence-corrected chi connectivity index (χ3v) is 3.45. The van der Waals surface area contributed by atoms with E-state index in [-0.39, 0.29) is 17.9 Å². The van der Waals surface area contributed by atoms with Crippen LogP contribution in [0.4, 0.5) is 4.39 Å². The first-order valence-electron chi connectivity index (χ1n) is 6.99. The molecule has 3 rings (SSSR count). The molecule has 2 heterocycles. The zero-order valence-corrected chi connectivity index (χ0v) is 12.1. The Morgan fingerprint density at radius 3 is 2.70 bits per heavy atom. The minimum absolute atomic E-state index is 0.0427. The first-order valence-corrected chi connectivity index (χ1v) is 6.99. The number of nitriles is 1. The summed E-state index contributed by atoms with van der Waals surface area (Å²) in [5.41, 5.74) is 1.46. The summed E-state index contributed by atoms with van der Waals surface area (Å²) in [5.74, 6) is -0.369. The first-order chi connectivity index (χ1) is 11.2. The number of halogens is 1. The van der Waals surface area contributed by atoms with E-state index >= 15 is 0 Å². The Labute approximate surface area is 132 Å². The Morgan fingerprint density at radius 1 is 1.13 bits per heavy atom. The molecular formula is C18H12FN3O. The van der Waals surface area contributed by atoms with Gasteiger partial charge in [-0.05, 0) is 42.0 Å². The van der Waals surface area contributed by atoms with Gasteiger partial charge in [0, 0.05) is 6.20 Å². The van der Waals surface area contributed by atoms with Crippen molar-refractivity contribution in [3.63, 3.8) is 0 Å². The van der Waals surface area contributed by atoms with Crippen molar-refractivity contribution in [2.45, 2.75) is 6.54 Å². The molecule has 0 bridgehead atoms. The van der Waals surface area contributed by atoms with Gasteiger partial charge in [-0.2, -0.15) is 5.26 Å². The van der Waals surface area contributed by atoms with Crippen LogP contribution in [0, 0.1) is 17.1 Å². The summed E-state index contributed by atoms with van der Waals surface area (Å²) in [7, 11) is 0. The molecule has 1 aromatic carbocycles. The van der Waals surface area contributed by atoms with Crippen LogP contribution < -0.4 is 5.56 Å². The highest BCUT2D eigenvalue weighted by Crippen LogP contribution is 2.17. The lowest BCUT2D eigenvalue weighted by Crippen LogP contribution is -2.24. The summed E-state index contributed by atoms with van der Waals surface area (Å²) in [6.07, 6.45) is 1.63. The summed E-state index contributed by atoms with van der Waals surface area (Å²) in [6.45, 7) is 0.165. The quantitative estimate of drug-likeness (QED) is 0.747. The van der Waals surface area contributed by atoms with Gasteiger partial charge in [0.15, 0.2) is 0 Å².